The maximum Gasteiger partial charge on any atom is 0.0714 e. The number of rotatable bonds is 16. The molecule has 0 radical (unpaired) electrons. The molecule has 2 aliphatic carbocycles. The number of nitrogens with zero attached hydrogens (tertiary/aromatic N) is 4. The van der Waals surface area contributed by atoms with Gasteiger partial charge in [-0.15, -0.1) is 22.7 Å². The highest BCUT2D eigenvalue weighted by Crippen LogP contribution is 2.60. The van der Waals surface area contributed by atoms with Gasteiger partial charge in [-0.3, -0.25) is 0 Å². The monoisotopic (exact) mass is 1840 g/mol. The zero-order valence-corrected chi connectivity index (χ0v) is 79.9. The molecule has 0 amide bonds. The van der Waals surface area contributed by atoms with Crippen molar-refractivity contribution in [3.05, 3.63) is 555 Å². The standard InChI is InChI=1S/C73H48N2S.C63H44N2S/c1-5-19-49(20-6-1)51-33-39-56(40-34-51)74(59-45-46-61-60-27-13-16-30-66(60)73(67(61)47-59,54-23-9-3-10-24-54)55-25-11-4-12-26-55)57-43-37-53(38-44-57)64-48-65-62-28-14-17-31-68(62)75(58-41-35-52(36-42-58)50-21-7-2-8-22-50)71(65)70-63-29-15-18-32-69(63)76-72(64)70;1-63(2)56-22-12-9-19-50(56)51-38-37-49(39-57(51)63)64(46-31-25-43(26-32-46)41-15-5-3-6-16-41)47-35-29-45(30-36-47)54-40-55-52-20-10-13-23-58(52)65(48-33-27-44(28-34-48)42-17-7-4-8-18-42)61(55)60-53-21-11-14-24-59(53)66-62(54)60/h1-48H;3-40H,1-2H3. The van der Waals surface area contributed by atoms with Crippen LogP contribution in [0.25, 0.3) is 184 Å². The van der Waals surface area contributed by atoms with Gasteiger partial charge in [0.25, 0.3) is 0 Å². The Morgan fingerprint density at radius 1 is 0.197 bits per heavy atom. The van der Waals surface area contributed by atoms with Crippen LogP contribution in [0.2, 0.25) is 0 Å². The Morgan fingerprint density at radius 3 is 0.873 bits per heavy atom. The van der Waals surface area contributed by atoms with Crippen LogP contribution in [-0.4, -0.2) is 9.13 Å². The van der Waals surface area contributed by atoms with Crippen molar-refractivity contribution in [1.82, 2.24) is 9.13 Å². The van der Waals surface area contributed by atoms with E-state index in [0.717, 1.165) is 45.5 Å². The van der Waals surface area contributed by atoms with E-state index < -0.39 is 5.41 Å². The summed E-state index contributed by atoms with van der Waals surface area (Å²) in [5.41, 5.74) is 40.8. The predicted octanol–water partition coefficient (Wildman–Crippen LogP) is 37.9. The van der Waals surface area contributed by atoms with Crippen molar-refractivity contribution in [2.75, 3.05) is 9.80 Å². The fraction of sp³-hybridized carbons (Fsp3) is 0.0294. The van der Waals surface area contributed by atoms with Gasteiger partial charge in [0.2, 0.25) is 0 Å². The number of benzene rings is 22. The lowest BCUT2D eigenvalue weighted by atomic mass is 9.67. The molecule has 4 heterocycles. The fourth-order valence-electron chi connectivity index (χ4n) is 23.3. The molecule has 2 aliphatic rings. The summed E-state index contributed by atoms with van der Waals surface area (Å²) in [5.74, 6) is 0. The second-order valence-corrected chi connectivity index (χ2v) is 40.1. The Morgan fingerprint density at radius 2 is 0.479 bits per heavy atom. The number of hydrogen-bond acceptors (Lipinski definition) is 4. The Balaban J connectivity index is 0.000000143. The van der Waals surface area contributed by atoms with Crippen molar-refractivity contribution >= 4 is 141 Å². The van der Waals surface area contributed by atoms with Gasteiger partial charge in [-0.2, -0.15) is 0 Å². The number of fused-ring (bicyclic) bond motifs is 20. The van der Waals surface area contributed by atoms with Crippen LogP contribution in [0.5, 0.6) is 0 Å². The Hall–Kier alpha value is -17.5. The molecule has 0 saturated carbocycles. The Bertz CT molecular complexity index is 9310. The molecule has 26 aromatic rings. The average molecular weight is 1850 g/mol. The van der Waals surface area contributed by atoms with Crippen molar-refractivity contribution in [2.24, 2.45) is 0 Å². The highest BCUT2D eigenvalue weighted by Gasteiger charge is 2.47. The third-order valence-corrected chi connectivity index (χ3v) is 32.3. The number of aromatic nitrogens is 2. The zero-order chi connectivity index (χ0) is 94.1. The van der Waals surface area contributed by atoms with E-state index in [1.807, 2.05) is 22.7 Å². The third-order valence-electron chi connectivity index (χ3n) is 29.9. The molecule has 0 unspecified atom stereocenters. The summed E-state index contributed by atoms with van der Waals surface area (Å²) in [4.78, 5) is 4.87. The minimum Gasteiger partial charge on any atom is -0.310 e. The lowest BCUT2D eigenvalue weighted by Gasteiger charge is -2.35. The second kappa shape index (κ2) is 34.3. The van der Waals surface area contributed by atoms with Crippen molar-refractivity contribution < 1.29 is 0 Å². The zero-order valence-electron chi connectivity index (χ0n) is 78.3. The first kappa shape index (κ1) is 83.8. The summed E-state index contributed by atoms with van der Waals surface area (Å²) in [6, 6.07) is 192. The number of para-hydroxylation sites is 2. The largest absolute Gasteiger partial charge is 0.310 e. The molecule has 0 aliphatic heterocycles. The summed E-state index contributed by atoms with van der Waals surface area (Å²) in [5, 5.41) is 10.2. The molecule has 0 atom stereocenters. The molecule has 6 heteroatoms. The van der Waals surface area contributed by atoms with Crippen LogP contribution in [0.4, 0.5) is 34.1 Å². The third kappa shape index (κ3) is 13.8. The molecular weight excluding hydrogens is 1750 g/mol. The second-order valence-electron chi connectivity index (χ2n) is 38.0. The van der Waals surface area contributed by atoms with Gasteiger partial charge in [0, 0.05) is 124 Å². The van der Waals surface area contributed by atoms with Crippen LogP contribution in [0.1, 0.15) is 47.2 Å². The van der Waals surface area contributed by atoms with Gasteiger partial charge in [-0.1, -0.05) is 402 Å². The van der Waals surface area contributed by atoms with E-state index in [9.17, 15) is 0 Å². The van der Waals surface area contributed by atoms with E-state index in [1.165, 1.54) is 206 Å². The molecule has 668 valence electrons. The minimum absolute atomic E-state index is 0.113. The lowest BCUT2D eigenvalue weighted by Crippen LogP contribution is -2.28. The van der Waals surface area contributed by atoms with Gasteiger partial charge in [0.05, 0.1) is 27.5 Å². The van der Waals surface area contributed by atoms with Crippen LogP contribution >= 0.6 is 22.7 Å². The Kier molecular flexibility index (Phi) is 20.2. The van der Waals surface area contributed by atoms with Crippen molar-refractivity contribution in [3.8, 4) is 100 Å². The van der Waals surface area contributed by atoms with Gasteiger partial charge in [-0.25, -0.2) is 0 Å². The minimum atomic E-state index is -0.528. The number of thiophene rings is 2. The first-order valence-corrected chi connectivity index (χ1v) is 50.6. The van der Waals surface area contributed by atoms with E-state index in [2.05, 4.69) is 554 Å². The van der Waals surface area contributed by atoms with Crippen LogP contribution in [0, 0.1) is 0 Å². The van der Waals surface area contributed by atoms with Crippen LogP contribution in [0.3, 0.4) is 0 Å². The number of anilines is 6. The maximum absolute atomic E-state index is 2.49. The molecule has 142 heavy (non-hydrogen) atoms. The quantitative estimate of drug-likeness (QED) is 0.0959. The first-order valence-electron chi connectivity index (χ1n) is 49.0. The van der Waals surface area contributed by atoms with Gasteiger partial charge < -0.3 is 18.9 Å². The Labute approximate surface area is 833 Å². The van der Waals surface area contributed by atoms with Crippen LogP contribution in [0.15, 0.2) is 522 Å². The lowest BCUT2D eigenvalue weighted by molar-refractivity contribution is 0.660. The summed E-state index contributed by atoms with van der Waals surface area (Å²) in [6.45, 7) is 4.72. The maximum atomic E-state index is 2.49. The molecule has 22 aromatic carbocycles. The van der Waals surface area contributed by atoms with Gasteiger partial charge >= 0.3 is 0 Å². The highest BCUT2D eigenvalue weighted by molar-refractivity contribution is 7.27. The summed E-state index contributed by atoms with van der Waals surface area (Å²) < 4.78 is 10.1. The molecule has 0 N–H and O–H groups in total. The molecule has 28 rings (SSSR count). The summed E-state index contributed by atoms with van der Waals surface area (Å²) >= 11 is 3.79. The molecule has 4 nitrogen and oxygen atoms in total. The van der Waals surface area contributed by atoms with E-state index in [1.54, 1.807) is 0 Å². The number of hydrogen-bond donors (Lipinski definition) is 0. The average Bonchev–Trinajstić information content (AvgIpc) is 1.53. The fourth-order valence-corrected chi connectivity index (χ4v) is 25.7. The first-order chi connectivity index (χ1) is 70.2. The van der Waals surface area contributed by atoms with E-state index in [-0.39, 0.29) is 5.41 Å². The SMILES string of the molecule is CC1(C)c2ccccc2-c2ccc(N(c3ccc(-c4ccccc4)cc3)c3ccc(-c4cc5c6ccccc6n(-c6ccc(-c7ccccc7)cc6)c5c5c4sc4ccccc45)cc3)cc21.c1ccc(-c2ccc(N(c3ccc(-c4cc5c6ccccc6n(-c6ccc(-c7ccccc7)cc6)c5c5c4sc4ccccc45)cc3)c3ccc4c(c3)C(c3ccccc3)(c3ccccc3)c3ccccc3-4)cc2)cc1. The van der Waals surface area contributed by atoms with Gasteiger partial charge in [0.15, 0.2) is 0 Å². The van der Waals surface area contributed by atoms with Gasteiger partial charge in [0.1, 0.15) is 0 Å². The normalized spacial score (nSPS) is 12.7. The van der Waals surface area contributed by atoms with E-state index >= 15 is 0 Å². The summed E-state index contributed by atoms with van der Waals surface area (Å²) in [7, 11) is 0. The van der Waals surface area contributed by atoms with Crippen molar-refractivity contribution in [2.45, 2.75) is 24.7 Å². The summed E-state index contributed by atoms with van der Waals surface area (Å²) in [6.07, 6.45) is 0. The molecule has 0 saturated heterocycles. The smallest absolute Gasteiger partial charge is 0.0714 e. The topological polar surface area (TPSA) is 16.3 Å². The van der Waals surface area contributed by atoms with E-state index in [4.69, 9.17) is 0 Å². The highest BCUT2D eigenvalue weighted by atomic mass is 32.1. The molecule has 0 bridgehead atoms. The predicted molar refractivity (Wildman–Crippen MR) is 604 cm³/mol. The molecule has 0 spiro atoms. The van der Waals surface area contributed by atoms with Crippen molar-refractivity contribution in [1.29, 1.82) is 0 Å². The van der Waals surface area contributed by atoms with Crippen molar-refractivity contribution in [3.63, 3.8) is 0 Å². The molecular formula is C136H92N4S2. The molecule has 4 aromatic heterocycles. The van der Waals surface area contributed by atoms with Crippen LogP contribution in [-0.2, 0) is 10.8 Å². The van der Waals surface area contributed by atoms with Crippen LogP contribution < -0.4 is 9.80 Å². The molecule has 0 fully saturated rings. The van der Waals surface area contributed by atoms with Gasteiger partial charge in [-0.05, 0) is 245 Å². The van der Waals surface area contributed by atoms with E-state index in [0.29, 0.717) is 0 Å².